The van der Waals surface area contributed by atoms with Crippen LogP contribution >= 0.6 is 0 Å². The van der Waals surface area contributed by atoms with Crippen LogP contribution in [0.2, 0.25) is 0 Å². The zero-order valence-electron chi connectivity index (χ0n) is 12.9. The zero-order valence-corrected chi connectivity index (χ0v) is 13.7. The van der Waals surface area contributed by atoms with Crippen LogP contribution in [0.15, 0.2) is 35.6 Å². The maximum atomic E-state index is 11.7. The second kappa shape index (κ2) is 6.17. The zero-order chi connectivity index (χ0) is 16.4. The Morgan fingerprint density at radius 1 is 1.43 bits per heavy atom. The summed E-state index contributed by atoms with van der Waals surface area (Å²) in [5.74, 6) is 0.313. The summed E-state index contributed by atoms with van der Waals surface area (Å²) in [5, 5.41) is 12.7. The summed E-state index contributed by atoms with van der Waals surface area (Å²) in [4.78, 5) is 6.39. The number of hydrogen-bond acceptors (Lipinski definition) is 6. The number of nitrogens with one attached hydrogen (secondary N) is 1. The number of nitrogens with zero attached hydrogens (tertiary/aromatic N) is 4. The van der Waals surface area contributed by atoms with Gasteiger partial charge in [0.25, 0.3) is 0 Å². The van der Waals surface area contributed by atoms with E-state index in [0.717, 1.165) is 31.6 Å². The first-order chi connectivity index (χ1) is 10.9. The summed E-state index contributed by atoms with van der Waals surface area (Å²) in [6.07, 6.45) is 7.30. The van der Waals surface area contributed by atoms with Gasteiger partial charge in [0.05, 0.1) is 11.9 Å². The minimum absolute atomic E-state index is 0.0264. The van der Waals surface area contributed by atoms with Gasteiger partial charge >= 0.3 is 0 Å². The second-order valence-corrected chi connectivity index (χ2v) is 7.23. The fourth-order valence-corrected chi connectivity index (χ4v) is 3.47. The van der Waals surface area contributed by atoms with Gasteiger partial charge in [-0.2, -0.15) is 5.10 Å². The van der Waals surface area contributed by atoms with E-state index in [0.29, 0.717) is 5.82 Å². The van der Waals surface area contributed by atoms with Gasteiger partial charge in [0.15, 0.2) is 0 Å². The van der Waals surface area contributed by atoms with E-state index in [4.69, 9.17) is 5.14 Å². The van der Waals surface area contributed by atoms with Crippen molar-refractivity contribution in [2.75, 3.05) is 23.3 Å². The van der Waals surface area contributed by atoms with E-state index in [1.807, 2.05) is 19.4 Å². The summed E-state index contributed by atoms with van der Waals surface area (Å²) in [5.41, 5.74) is 1.06. The first kappa shape index (κ1) is 15.8. The quantitative estimate of drug-likeness (QED) is 0.844. The van der Waals surface area contributed by atoms with Crippen LogP contribution in [0.1, 0.15) is 12.8 Å². The first-order valence-electron chi connectivity index (χ1n) is 7.41. The van der Waals surface area contributed by atoms with Gasteiger partial charge in [-0.25, -0.2) is 18.5 Å². The molecule has 23 heavy (non-hydrogen) atoms. The van der Waals surface area contributed by atoms with Gasteiger partial charge in [-0.3, -0.25) is 4.68 Å². The smallest absolute Gasteiger partial charge is 0.241 e. The number of hydrogen-bond donors (Lipinski definition) is 2. The van der Waals surface area contributed by atoms with Crippen molar-refractivity contribution in [1.82, 2.24) is 14.8 Å². The lowest BCUT2D eigenvalue weighted by molar-refractivity contribution is 0.527. The lowest BCUT2D eigenvalue weighted by Gasteiger charge is -2.34. The molecule has 0 spiro atoms. The van der Waals surface area contributed by atoms with Crippen LogP contribution in [-0.4, -0.2) is 42.3 Å². The van der Waals surface area contributed by atoms with Crippen molar-refractivity contribution in [2.24, 2.45) is 12.2 Å². The summed E-state index contributed by atoms with van der Waals surface area (Å²) in [7, 11) is -1.91. The number of sulfonamides is 1. The van der Waals surface area contributed by atoms with Gasteiger partial charge in [-0.1, -0.05) is 0 Å². The molecule has 3 N–H and O–H groups in total. The third-order valence-corrected chi connectivity index (χ3v) is 4.84. The van der Waals surface area contributed by atoms with Gasteiger partial charge in [0.1, 0.15) is 10.7 Å². The number of aryl methyl sites for hydroxylation is 1. The van der Waals surface area contributed by atoms with E-state index in [2.05, 4.69) is 20.3 Å². The molecular weight excluding hydrogens is 316 g/mol. The van der Waals surface area contributed by atoms with Crippen LogP contribution in [0.25, 0.3) is 0 Å². The number of aromatic nitrogens is 3. The van der Waals surface area contributed by atoms with Crippen molar-refractivity contribution in [3.05, 3.63) is 30.7 Å². The molecule has 2 aromatic rings. The number of primary sulfonamides is 1. The fourth-order valence-electron chi connectivity index (χ4n) is 2.82. The molecule has 0 bridgehead atoms. The third-order valence-electron chi connectivity index (χ3n) is 3.90. The summed E-state index contributed by atoms with van der Waals surface area (Å²) in [6, 6.07) is 3.12. The monoisotopic (exact) mass is 336 g/mol. The minimum Gasteiger partial charge on any atom is -0.367 e. The Bertz CT molecular complexity index is 788. The number of rotatable bonds is 4. The molecule has 124 valence electrons. The predicted octanol–water partition coefficient (Wildman–Crippen LogP) is 0.543. The number of nitrogens with two attached hydrogens (primary N) is 1. The Labute approximate surface area is 135 Å². The van der Waals surface area contributed by atoms with E-state index in [9.17, 15) is 8.42 Å². The molecular formula is C14H20N6O2S. The van der Waals surface area contributed by atoms with E-state index in [-0.39, 0.29) is 10.9 Å². The van der Waals surface area contributed by atoms with Crippen molar-refractivity contribution >= 4 is 21.5 Å². The molecule has 1 aliphatic heterocycles. The van der Waals surface area contributed by atoms with Crippen LogP contribution in [0.4, 0.5) is 11.5 Å². The highest BCUT2D eigenvalue weighted by molar-refractivity contribution is 7.89. The largest absolute Gasteiger partial charge is 0.367 e. The van der Waals surface area contributed by atoms with Crippen molar-refractivity contribution in [2.45, 2.75) is 23.8 Å². The highest BCUT2D eigenvalue weighted by Gasteiger charge is 2.23. The van der Waals surface area contributed by atoms with Crippen molar-refractivity contribution < 1.29 is 8.42 Å². The topological polar surface area (TPSA) is 106 Å². The van der Waals surface area contributed by atoms with Crippen LogP contribution in [0.3, 0.4) is 0 Å². The highest BCUT2D eigenvalue weighted by atomic mass is 32.2. The molecule has 3 rings (SSSR count). The Morgan fingerprint density at radius 2 is 2.26 bits per heavy atom. The van der Waals surface area contributed by atoms with Crippen molar-refractivity contribution in [1.29, 1.82) is 0 Å². The van der Waals surface area contributed by atoms with Gasteiger partial charge in [-0.05, 0) is 25.0 Å². The summed E-state index contributed by atoms with van der Waals surface area (Å²) < 4.78 is 25.1. The van der Waals surface area contributed by atoms with Crippen LogP contribution < -0.4 is 15.4 Å². The minimum atomic E-state index is -3.80. The molecule has 1 atom stereocenters. The molecule has 0 saturated carbocycles. The first-order valence-corrected chi connectivity index (χ1v) is 8.96. The van der Waals surface area contributed by atoms with Crippen molar-refractivity contribution in [3.8, 4) is 0 Å². The standard InChI is InChI=1S/C14H20N6O2S/c1-19-10-12(8-17-19)20-7-3-4-11(9-20)18-14-13(23(15,21)22)5-2-6-16-14/h2,5-6,8,10-11H,3-4,7,9H2,1H3,(H,16,18)(H2,15,21,22). The Morgan fingerprint density at radius 3 is 2.96 bits per heavy atom. The van der Waals surface area contributed by atoms with E-state index in [1.54, 1.807) is 16.9 Å². The number of pyridine rings is 1. The Kier molecular flexibility index (Phi) is 4.22. The average Bonchev–Trinajstić information content (AvgIpc) is 2.94. The van der Waals surface area contributed by atoms with Crippen molar-refractivity contribution in [3.63, 3.8) is 0 Å². The number of piperidine rings is 1. The summed E-state index contributed by atoms with van der Waals surface area (Å²) in [6.45, 7) is 1.71. The lowest BCUT2D eigenvalue weighted by atomic mass is 10.1. The van der Waals surface area contributed by atoms with Gasteiger partial charge in [0, 0.05) is 38.6 Å². The third kappa shape index (κ3) is 3.62. The average molecular weight is 336 g/mol. The van der Waals surface area contributed by atoms with E-state index >= 15 is 0 Å². The van der Waals surface area contributed by atoms with Crippen LogP contribution in [0.5, 0.6) is 0 Å². The van der Waals surface area contributed by atoms with Crippen LogP contribution in [-0.2, 0) is 17.1 Å². The molecule has 3 heterocycles. The fraction of sp³-hybridized carbons (Fsp3) is 0.429. The van der Waals surface area contributed by atoms with Gasteiger partial charge in [-0.15, -0.1) is 0 Å². The van der Waals surface area contributed by atoms with Crippen LogP contribution in [0, 0.1) is 0 Å². The SMILES string of the molecule is Cn1cc(N2CCCC(Nc3ncccc3S(N)(=O)=O)C2)cn1. The lowest BCUT2D eigenvalue weighted by Crippen LogP contribution is -2.42. The number of anilines is 2. The predicted molar refractivity (Wildman–Crippen MR) is 87.7 cm³/mol. The highest BCUT2D eigenvalue weighted by Crippen LogP contribution is 2.23. The molecule has 0 aromatic carbocycles. The molecule has 1 aliphatic rings. The van der Waals surface area contributed by atoms with Gasteiger partial charge in [0.2, 0.25) is 10.0 Å². The molecule has 1 unspecified atom stereocenters. The second-order valence-electron chi connectivity index (χ2n) is 5.70. The maximum absolute atomic E-state index is 11.7. The molecule has 1 fully saturated rings. The molecule has 0 aliphatic carbocycles. The summed E-state index contributed by atoms with van der Waals surface area (Å²) >= 11 is 0. The molecule has 0 radical (unpaired) electrons. The Hall–Kier alpha value is -2.13. The maximum Gasteiger partial charge on any atom is 0.241 e. The molecule has 8 nitrogen and oxygen atoms in total. The molecule has 0 amide bonds. The molecule has 2 aromatic heterocycles. The van der Waals surface area contributed by atoms with E-state index < -0.39 is 10.0 Å². The molecule has 9 heteroatoms. The van der Waals surface area contributed by atoms with Gasteiger partial charge < -0.3 is 10.2 Å². The molecule has 1 saturated heterocycles. The van der Waals surface area contributed by atoms with E-state index in [1.165, 1.54) is 6.07 Å². The normalized spacial score (nSPS) is 18.9. The Balaban J connectivity index is 1.76.